The number of hydrogen-bond donors (Lipinski definition) is 0. The maximum atomic E-state index is 12.7. The van der Waals surface area contributed by atoms with E-state index in [4.69, 9.17) is 16.1 Å². The van der Waals surface area contributed by atoms with Crippen molar-refractivity contribution < 1.29 is 17.7 Å². The highest BCUT2D eigenvalue weighted by atomic mass is 35.5. The molecule has 0 amide bonds. The van der Waals surface area contributed by atoms with E-state index in [9.17, 15) is 13.2 Å². The number of rotatable bonds is 2. The lowest BCUT2D eigenvalue weighted by atomic mass is 9.81. The Morgan fingerprint density at radius 2 is 2.11 bits per heavy atom. The van der Waals surface area contributed by atoms with Gasteiger partial charge in [0, 0.05) is 5.92 Å². The van der Waals surface area contributed by atoms with Crippen LogP contribution < -0.4 is 0 Å². The first-order valence-electron chi connectivity index (χ1n) is 5.92. The molecule has 0 aliphatic heterocycles. The summed E-state index contributed by atoms with van der Waals surface area (Å²) in [5.41, 5.74) is 0. The molecule has 102 valence electrons. The molecule has 3 nitrogen and oxygen atoms in total. The van der Waals surface area contributed by atoms with Crippen LogP contribution in [0.4, 0.5) is 13.2 Å². The van der Waals surface area contributed by atoms with Gasteiger partial charge in [0.1, 0.15) is 0 Å². The third kappa shape index (κ3) is 2.96. The maximum Gasteiger partial charge on any atom is 0.391 e. The summed E-state index contributed by atoms with van der Waals surface area (Å²) in [4.78, 5) is 4.07. The summed E-state index contributed by atoms with van der Waals surface area (Å²) in [7, 11) is 0. The molecule has 1 aromatic rings. The van der Waals surface area contributed by atoms with Crippen LogP contribution in [0.15, 0.2) is 4.52 Å². The predicted octanol–water partition coefficient (Wildman–Crippen LogP) is 4.21. The zero-order valence-electron chi connectivity index (χ0n) is 9.88. The van der Waals surface area contributed by atoms with Crippen LogP contribution in [0.1, 0.15) is 55.6 Å². The van der Waals surface area contributed by atoms with Gasteiger partial charge in [-0.15, -0.1) is 11.6 Å². The molecule has 3 atom stereocenters. The van der Waals surface area contributed by atoms with Crippen molar-refractivity contribution in [3.63, 3.8) is 0 Å². The topological polar surface area (TPSA) is 38.9 Å². The largest absolute Gasteiger partial charge is 0.391 e. The molecule has 18 heavy (non-hydrogen) atoms. The number of halogens is 4. The molecule has 1 aliphatic rings. The summed E-state index contributed by atoms with van der Waals surface area (Å²) in [5, 5.41) is 3.28. The van der Waals surface area contributed by atoms with E-state index >= 15 is 0 Å². The highest BCUT2D eigenvalue weighted by Crippen LogP contribution is 2.43. The van der Waals surface area contributed by atoms with E-state index in [1.54, 1.807) is 6.92 Å². The minimum Gasteiger partial charge on any atom is -0.339 e. The van der Waals surface area contributed by atoms with Gasteiger partial charge in [-0.05, 0) is 26.2 Å². The Morgan fingerprint density at radius 3 is 2.67 bits per heavy atom. The first-order valence-corrected chi connectivity index (χ1v) is 6.36. The molecule has 7 heteroatoms. The van der Waals surface area contributed by atoms with Crippen LogP contribution in [0.2, 0.25) is 0 Å². The van der Waals surface area contributed by atoms with Crippen LogP contribution in [0, 0.1) is 5.92 Å². The van der Waals surface area contributed by atoms with E-state index in [1.807, 2.05) is 0 Å². The number of aromatic nitrogens is 2. The second-order valence-electron chi connectivity index (χ2n) is 4.71. The molecule has 0 spiro atoms. The summed E-state index contributed by atoms with van der Waals surface area (Å²) in [6.45, 7) is 1.69. The SMILES string of the molecule is CC(Cl)c1noc(C2CCCC(C(F)(F)F)C2)n1. The van der Waals surface area contributed by atoms with Gasteiger partial charge >= 0.3 is 6.18 Å². The van der Waals surface area contributed by atoms with Crippen molar-refractivity contribution in [3.05, 3.63) is 11.7 Å². The number of alkyl halides is 4. The van der Waals surface area contributed by atoms with Crippen molar-refractivity contribution in [2.75, 3.05) is 0 Å². The van der Waals surface area contributed by atoms with Gasteiger partial charge < -0.3 is 4.52 Å². The Morgan fingerprint density at radius 1 is 1.39 bits per heavy atom. The normalized spacial score (nSPS) is 27.2. The average molecular weight is 283 g/mol. The molecule has 1 saturated carbocycles. The van der Waals surface area contributed by atoms with Gasteiger partial charge in [0.05, 0.1) is 11.3 Å². The smallest absolute Gasteiger partial charge is 0.339 e. The second-order valence-corrected chi connectivity index (χ2v) is 5.36. The van der Waals surface area contributed by atoms with Crippen molar-refractivity contribution in [2.45, 2.75) is 50.1 Å². The fourth-order valence-electron chi connectivity index (χ4n) is 2.29. The Bertz CT molecular complexity index is 405. The van der Waals surface area contributed by atoms with Crippen LogP contribution in [-0.4, -0.2) is 16.3 Å². The molecular weight excluding hydrogens is 269 g/mol. The summed E-state index contributed by atoms with van der Waals surface area (Å²) in [6.07, 6.45) is -2.73. The average Bonchev–Trinajstić information content (AvgIpc) is 2.77. The fraction of sp³-hybridized carbons (Fsp3) is 0.818. The van der Waals surface area contributed by atoms with Crippen LogP contribution in [0.5, 0.6) is 0 Å². The molecule has 3 unspecified atom stereocenters. The van der Waals surface area contributed by atoms with Gasteiger partial charge in [0.15, 0.2) is 5.82 Å². The molecule has 0 bridgehead atoms. The second kappa shape index (κ2) is 5.07. The molecule has 0 aromatic carbocycles. The lowest BCUT2D eigenvalue weighted by Crippen LogP contribution is -2.28. The highest BCUT2D eigenvalue weighted by Gasteiger charge is 2.43. The van der Waals surface area contributed by atoms with E-state index in [1.165, 1.54) is 0 Å². The monoisotopic (exact) mass is 282 g/mol. The first-order chi connectivity index (χ1) is 8.38. The maximum absolute atomic E-state index is 12.7. The molecular formula is C11H14ClF3N2O. The lowest BCUT2D eigenvalue weighted by Gasteiger charge is -2.28. The zero-order chi connectivity index (χ0) is 13.3. The molecule has 1 aromatic heterocycles. The van der Waals surface area contributed by atoms with E-state index in [2.05, 4.69) is 10.1 Å². The molecule has 0 N–H and O–H groups in total. The van der Waals surface area contributed by atoms with E-state index in [-0.39, 0.29) is 24.7 Å². The molecule has 1 fully saturated rings. The standard InChI is InChI=1S/C11H14ClF3N2O/c1-6(12)9-16-10(18-17-9)7-3-2-4-8(5-7)11(13,14)15/h6-8H,2-5H2,1H3. The van der Waals surface area contributed by atoms with Crippen molar-refractivity contribution in [2.24, 2.45) is 5.92 Å². The predicted molar refractivity (Wildman–Crippen MR) is 59.3 cm³/mol. The van der Waals surface area contributed by atoms with Crippen molar-refractivity contribution >= 4 is 11.6 Å². The molecule has 0 radical (unpaired) electrons. The summed E-state index contributed by atoms with van der Waals surface area (Å²) in [6, 6.07) is 0. The first kappa shape index (κ1) is 13.6. The van der Waals surface area contributed by atoms with Gasteiger partial charge in [-0.3, -0.25) is 0 Å². The van der Waals surface area contributed by atoms with E-state index < -0.39 is 17.5 Å². The van der Waals surface area contributed by atoms with Gasteiger partial charge in [0.25, 0.3) is 0 Å². The number of hydrogen-bond acceptors (Lipinski definition) is 3. The third-order valence-corrected chi connectivity index (χ3v) is 3.49. The van der Waals surface area contributed by atoms with Crippen LogP contribution in [0.3, 0.4) is 0 Å². The van der Waals surface area contributed by atoms with E-state index in [0.29, 0.717) is 18.7 Å². The number of nitrogens with zero attached hydrogens (tertiary/aromatic N) is 2. The Kier molecular flexibility index (Phi) is 3.84. The Balaban J connectivity index is 2.08. The minimum atomic E-state index is -4.14. The van der Waals surface area contributed by atoms with Gasteiger partial charge in [-0.1, -0.05) is 11.6 Å². The summed E-state index contributed by atoms with van der Waals surface area (Å²) < 4.78 is 43.0. The van der Waals surface area contributed by atoms with Gasteiger partial charge in [0.2, 0.25) is 5.89 Å². The molecule has 2 rings (SSSR count). The van der Waals surface area contributed by atoms with Gasteiger partial charge in [-0.2, -0.15) is 18.2 Å². The Hall–Kier alpha value is -0.780. The quantitative estimate of drug-likeness (QED) is 0.763. The molecule has 0 saturated heterocycles. The van der Waals surface area contributed by atoms with Crippen LogP contribution in [0.25, 0.3) is 0 Å². The fourth-order valence-corrected chi connectivity index (χ4v) is 2.37. The summed E-state index contributed by atoms with van der Waals surface area (Å²) >= 11 is 5.79. The minimum absolute atomic E-state index is 0.0296. The Labute approximate surface area is 108 Å². The highest BCUT2D eigenvalue weighted by molar-refractivity contribution is 6.20. The van der Waals surface area contributed by atoms with Crippen molar-refractivity contribution in [1.29, 1.82) is 0 Å². The lowest BCUT2D eigenvalue weighted by molar-refractivity contribution is -0.183. The van der Waals surface area contributed by atoms with Crippen LogP contribution >= 0.6 is 11.6 Å². The van der Waals surface area contributed by atoms with Gasteiger partial charge in [-0.25, -0.2) is 0 Å². The zero-order valence-corrected chi connectivity index (χ0v) is 10.6. The van der Waals surface area contributed by atoms with Crippen LogP contribution in [-0.2, 0) is 0 Å². The van der Waals surface area contributed by atoms with Crippen molar-refractivity contribution in [1.82, 2.24) is 10.1 Å². The molecule has 1 heterocycles. The summed E-state index contributed by atoms with van der Waals surface area (Å²) in [5.74, 6) is -0.950. The third-order valence-electron chi connectivity index (χ3n) is 3.30. The molecule has 1 aliphatic carbocycles. The van der Waals surface area contributed by atoms with E-state index in [0.717, 1.165) is 0 Å². The van der Waals surface area contributed by atoms with Crippen molar-refractivity contribution in [3.8, 4) is 0 Å².